The van der Waals surface area contributed by atoms with Crippen molar-refractivity contribution in [3.8, 4) is 0 Å². The van der Waals surface area contributed by atoms with Crippen molar-refractivity contribution in [3.63, 3.8) is 0 Å². The molecule has 2 heteroatoms. The van der Waals surface area contributed by atoms with Gasteiger partial charge in [-0.3, -0.25) is 0 Å². The van der Waals surface area contributed by atoms with Crippen LogP contribution in [0, 0.1) is 5.92 Å². The summed E-state index contributed by atoms with van der Waals surface area (Å²) >= 11 is 0. The second kappa shape index (κ2) is 4.28. The Bertz CT molecular complexity index is 412. The minimum Gasteiger partial charge on any atom is -0.393 e. The summed E-state index contributed by atoms with van der Waals surface area (Å²) in [5.74, 6) is 0.367. The van der Waals surface area contributed by atoms with Gasteiger partial charge in [0.05, 0.1) is 18.3 Å². The summed E-state index contributed by atoms with van der Waals surface area (Å²) in [6, 6.07) is 10.3. The Morgan fingerprint density at radius 1 is 1.35 bits per heavy atom. The third-order valence-corrected chi connectivity index (χ3v) is 4.07. The Morgan fingerprint density at radius 2 is 2.18 bits per heavy atom. The van der Waals surface area contributed by atoms with E-state index in [2.05, 4.69) is 24.3 Å². The van der Waals surface area contributed by atoms with Gasteiger partial charge in [0.15, 0.2) is 0 Å². The Balaban J connectivity index is 1.76. The summed E-state index contributed by atoms with van der Waals surface area (Å²) in [6.07, 6.45) is 7.89. The standard InChI is InChI=1S/C15H18O2/c16-11-15-9-8-14(17-15)10-13(15)7-6-12-4-2-1-3-5-12/h1-7,13-14,16H,8-11H2/b7-6+/t13-,14-,15-/m1/s1. The van der Waals surface area contributed by atoms with Gasteiger partial charge in [0.2, 0.25) is 0 Å². The molecule has 2 fully saturated rings. The first-order chi connectivity index (χ1) is 8.32. The molecule has 1 aromatic rings. The van der Waals surface area contributed by atoms with Crippen LogP contribution in [0.1, 0.15) is 24.8 Å². The van der Waals surface area contributed by atoms with Gasteiger partial charge in [-0.05, 0) is 24.8 Å². The van der Waals surface area contributed by atoms with Crippen molar-refractivity contribution < 1.29 is 9.84 Å². The van der Waals surface area contributed by atoms with Crippen LogP contribution in [0.5, 0.6) is 0 Å². The van der Waals surface area contributed by atoms with Crippen LogP contribution in [0.15, 0.2) is 36.4 Å². The zero-order valence-corrected chi connectivity index (χ0v) is 9.88. The van der Waals surface area contributed by atoms with Crippen molar-refractivity contribution in [3.05, 3.63) is 42.0 Å². The highest BCUT2D eigenvalue weighted by Gasteiger charge is 2.51. The molecule has 2 nitrogen and oxygen atoms in total. The maximum absolute atomic E-state index is 9.55. The van der Waals surface area contributed by atoms with Crippen LogP contribution < -0.4 is 0 Å². The van der Waals surface area contributed by atoms with E-state index in [-0.39, 0.29) is 12.2 Å². The summed E-state index contributed by atoms with van der Waals surface area (Å²) in [4.78, 5) is 0. The minimum absolute atomic E-state index is 0.146. The number of aliphatic hydroxyl groups excluding tert-OH is 1. The van der Waals surface area contributed by atoms with Crippen LogP contribution in [-0.2, 0) is 4.74 Å². The van der Waals surface area contributed by atoms with Crippen LogP contribution in [0.4, 0.5) is 0 Å². The average Bonchev–Trinajstić information content (AvgIpc) is 2.96. The van der Waals surface area contributed by atoms with E-state index in [1.54, 1.807) is 0 Å². The van der Waals surface area contributed by atoms with Gasteiger partial charge in [-0.2, -0.15) is 0 Å². The first-order valence-corrected chi connectivity index (χ1v) is 6.34. The molecule has 0 radical (unpaired) electrons. The molecule has 0 saturated carbocycles. The maximum Gasteiger partial charge on any atom is 0.0979 e. The molecule has 2 heterocycles. The summed E-state index contributed by atoms with van der Waals surface area (Å²) in [7, 11) is 0. The van der Waals surface area contributed by atoms with Crippen molar-refractivity contribution in [2.24, 2.45) is 5.92 Å². The van der Waals surface area contributed by atoms with Gasteiger partial charge >= 0.3 is 0 Å². The quantitative estimate of drug-likeness (QED) is 0.865. The van der Waals surface area contributed by atoms with Crippen molar-refractivity contribution in [1.82, 2.24) is 0 Å². The Morgan fingerprint density at radius 3 is 2.88 bits per heavy atom. The van der Waals surface area contributed by atoms with E-state index in [1.807, 2.05) is 18.2 Å². The van der Waals surface area contributed by atoms with Crippen LogP contribution >= 0.6 is 0 Å². The number of benzene rings is 1. The lowest BCUT2D eigenvalue weighted by Crippen LogP contribution is -2.36. The molecule has 3 rings (SSSR count). The summed E-state index contributed by atoms with van der Waals surface area (Å²) < 4.78 is 5.91. The molecule has 0 aliphatic carbocycles. The van der Waals surface area contributed by atoms with Gasteiger partial charge in [-0.1, -0.05) is 42.5 Å². The molecular weight excluding hydrogens is 212 g/mol. The molecule has 0 spiro atoms. The average molecular weight is 230 g/mol. The molecule has 2 aliphatic rings. The summed E-state index contributed by atoms with van der Waals surface area (Å²) in [5, 5.41) is 9.55. The van der Waals surface area contributed by atoms with Gasteiger partial charge in [0, 0.05) is 5.92 Å². The van der Waals surface area contributed by atoms with Crippen LogP contribution in [-0.4, -0.2) is 23.4 Å². The van der Waals surface area contributed by atoms with Gasteiger partial charge < -0.3 is 9.84 Å². The molecule has 3 atom stereocenters. The highest BCUT2D eigenvalue weighted by atomic mass is 16.5. The smallest absolute Gasteiger partial charge is 0.0979 e. The monoisotopic (exact) mass is 230 g/mol. The molecule has 1 aromatic carbocycles. The topological polar surface area (TPSA) is 29.5 Å². The Labute approximate surface area is 102 Å². The molecule has 2 aliphatic heterocycles. The number of rotatable bonds is 3. The lowest BCUT2D eigenvalue weighted by atomic mass is 9.78. The predicted octanol–water partition coefficient (Wildman–Crippen LogP) is 2.63. The lowest BCUT2D eigenvalue weighted by Gasteiger charge is -2.28. The highest BCUT2D eigenvalue weighted by molar-refractivity contribution is 5.49. The van der Waals surface area contributed by atoms with E-state index < -0.39 is 0 Å². The predicted molar refractivity (Wildman–Crippen MR) is 67.5 cm³/mol. The van der Waals surface area contributed by atoms with Crippen LogP contribution in [0.25, 0.3) is 6.08 Å². The molecule has 90 valence electrons. The summed E-state index contributed by atoms with van der Waals surface area (Å²) in [5.41, 5.74) is 0.930. The molecule has 0 aromatic heterocycles. The second-order valence-corrected chi connectivity index (χ2v) is 5.11. The van der Waals surface area contributed by atoms with Crippen molar-refractivity contribution in [2.75, 3.05) is 6.61 Å². The van der Waals surface area contributed by atoms with Gasteiger partial charge in [0.25, 0.3) is 0 Å². The molecular formula is C15H18O2. The van der Waals surface area contributed by atoms with E-state index in [0.29, 0.717) is 12.0 Å². The van der Waals surface area contributed by atoms with E-state index in [1.165, 1.54) is 5.56 Å². The van der Waals surface area contributed by atoms with Crippen molar-refractivity contribution in [1.29, 1.82) is 0 Å². The molecule has 0 unspecified atom stereocenters. The largest absolute Gasteiger partial charge is 0.393 e. The SMILES string of the molecule is OC[C@]12CC[C@H](C[C@H]1/C=C/c1ccccc1)O2. The zero-order chi connectivity index (χ0) is 11.7. The third-order valence-electron chi connectivity index (χ3n) is 4.07. The van der Waals surface area contributed by atoms with Gasteiger partial charge in [-0.15, -0.1) is 0 Å². The molecule has 0 amide bonds. The van der Waals surface area contributed by atoms with Gasteiger partial charge in [-0.25, -0.2) is 0 Å². The van der Waals surface area contributed by atoms with Gasteiger partial charge in [0.1, 0.15) is 0 Å². The second-order valence-electron chi connectivity index (χ2n) is 5.11. The van der Waals surface area contributed by atoms with E-state index in [0.717, 1.165) is 19.3 Å². The van der Waals surface area contributed by atoms with Crippen molar-refractivity contribution >= 4 is 6.08 Å². The van der Waals surface area contributed by atoms with Crippen molar-refractivity contribution in [2.45, 2.75) is 31.0 Å². The summed E-state index contributed by atoms with van der Waals surface area (Å²) in [6.45, 7) is 0.146. The number of ether oxygens (including phenoxy) is 1. The van der Waals surface area contributed by atoms with E-state index in [4.69, 9.17) is 4.74 Å². The first kappa shape index (κ1) is 11.0. The molecule has 1 N–H and O–H groups in total. The Kier molecular flexibility index (Phi) is 2.77. The van der Waals surface area contributed by atoms with E-state index >= 15 is 0 Å². The Hall–Kier alpha value is -1.12. The van der Waals surface area contributed by atoms with E-state index in [9.17, 15) is 5.11 Å². The minimum atomic E-state index is -0.282. The molecule has 2 bridgehead atoms. The normalized spacial score (nSPS) is 35.8. The number of aliphatic hydroxyl groups is 1. The van der Waals surface area contributed by atoms with Crippen LogP contribution in [0.2, 0.25) is 0 Å². The molecule has 2 saturated heterocycles. The maximum atomic E-state index is 9.55. The zero-order valence-electron chi connectivity index (χ0n) is 9.88. The lowest BCUT2D eigenvalue weighted by molar-refractivity contribution is -0.0405. The fourth-order valence-electron chi connectivity index (χ4n) is 3.07. The first-order valence-electron chi connectivity index (χ1n) is 6.34. The fraction of sp³-hybridized carbons (Fsp3) is 0.467. The number of fused-ring (bicyclic) bond motifs is 2. The number of hydrogen-bond acceptors (Lipinski definition) is 2. The third kappa shape index (κ3) is 1.92. The number of hydrogen-bond donors (Lipinski definition) is 1. The fourth-order valence-corrected chi connectivity index (χ4v) is 3.07. The van der Waals surface area contributed by atoms with Crippen LogP contribution in [0.3, 0.4) is 0 Å². The molecule has 17 heavy (non-hydrogen) atoms. The highest BCUT2D eigenvalue weighted by Crippen LogP contribution is 2.48.